The Morgan fingerprint density at radius 3 is 2.62 bits per heavy atom. The van der Waals surface area contributed by atoms with Gasteiger partial charge in [-0.05, 0) is 49.2 Å². The fraction of sp³-hybridized carbons (Fsp3) is 0.235. The quantitative estimate of drug-likeness (QED) is 0.875. The number of ether oxygens (including phenoxy) is 1. The highest BCUT2D eigenvalue weighted by atomic mass is 16.5. The van der Waals surface area contributed by atoms with Crippen molar-refractivity contribution in [3.8, 4) is 5.75 Å². The second kappa shape index (κ2) is 6.31. The summed E-state index contributed by atoms with van der Waals surface area (Å²) in [7, 11) is 1.64. The zero-order valence-electron chi connectivity index (χ0n) is 12.4. The molecule has 2 aromatic rings. The van der Waals surface area contributed by atoms with Crippen LogP contribution in [0.2, 0.25) is 0 Å². The van der Waals surface area contributed by atoms with E-state index in [-0.39, 0.29) is 6.04 Å². The summed E-state index contributed by atoms with van der Waals surface area (Å²) in [5.74, 6) is -0.109. The van der Waals surface area contributed by atoms with E-state index in [1.165, 1.54) is 0 Å². The van der Waals surface area contributed by atoms with Gasteiger partial charge in [0, 0.05) is 11.7 Å². The highest BCUT2D eigenvalue weighted by molar-refractivity contribution is 5.91. The van der Waals surface area contributed by atoms with E-state index in [9.17, 15) is 4.79 Å². The van der Waals surface area contributed by atoms with Gasteiger partial charge < -0.3 is 15.2 Å². The molecule has 0 aliphatic rings. The molecule has 2 rings (SSSR count). The molecule has 2 N–H and O–H groups in total. The van der Waals surface area contributed by atoms with Crippen LogP contribution in [0.15, 0.2) is 42.5 Å². The molecule has 110 valence electrons. The molecule has 0 aliphatic heterocycles. The Kier molecular flexibility index (Phi) is 4.48. The molecule has 0 saturated heterocycles. The number of hydrogen-bond acceptors (Lipinski definition) is 3. The van der Waals surface area contributed by atoms with Crippen LogP contribution in [0.4, 0.5) is 5.69 Å². The first-order valence-corrected chi connectivity index (χ1v) is 6.76. The number of anilines is 1. The molecule has 0 radical (unpaired) electrons. The summed E-state index contributed by atoms with van der Waals surface area (Å²) < 4.78 is 5.22. The topological polar surface area (TPSA) is 58.6 Å². The molecular weight excluding hydrogens is 266 g/mol. The average Bonchev–Trinajstić information content (AvgIpc) is 2.49. The molecular formula is C17H19NO3. The Morgan fingerprint density at radius 1 is 1.24 bits per heavy atom. The van der Waals surface area contributed by atoms with E-state index >= 15 is 0 Å². The van der Waals surface area contributed by atoms with Crippen molar-refractivity contribution >= 4 is 11.7 Å². The van der Waals surface area contributed by atoms with Crippen molar-refractivity contribution in [2.75, 3.05) is 12.4 Å². The molecule has 1 atom stereocenters. The molecule has 0 aromatic heterocycles. The lowest BCUT2D eigenvalue weighted by Crippen LogP contribution is -2.10. The van der Waals surface area contributed by atoms with Gasteiger partial charge in [0.05, 0.1) is 12.7 Å². The van der Waals surface area contributed by atoms with E-state index in [1.54, 1.807) is 19.2 Å². The van der Waals surface area contributed by atoms with Crippen molar-refractivity contribution in [1.82, 2.24) is 0 Å². The molecule has 0 heterocycles. The SMILES string of the molecule is COc1cccc(C(C)Nc2cccc(C(=O)O)c2C)c1. The monoisotopic (exact) mass is 285 g/mol. The normalized spacial score (nSPS) is 11.8. The second-order valence-corrected chi connectivity index (χ2v) is 4.93. The van der Waals surface area contributed by atoms with Crippen molar-refractivity contribution in [3.05, 3.63) is 59.2 Å². The van der Waals surface area contributed by atoms with E-state index in [0.29, 0.717) is 5.56 Å². The number of hydrogen-bond donors (Lipinski definition) is 2. The zero-order chi connectivity index (χ0) is 15.4. The molecule has 0 bridgehead atoms. The molecule has 0 spiro atoms. The summed E-state index contributed by atoms with van der Waals surface area (Å²) in [5.41, 5.74) is 2.96. The van der Waals surface area contributed by atoms with Gasteiger partial charge in [0.15, 0.2) is 0 Å². The number of benzene rings is 2. The Morgan fingerprint density at radius 2 is 1.95 bits per heavy atom. The zero-order valence-corrected chi connectivity index (χ0v) is 12.4. The lowest BCUT2D eigenvalue weighted by atomic mass is 10.0. The smallest absolute Gasteiger partial charge is 0.336 e. The molecule has 2 aromatic carbocycles. The van der Waals surface area contributed by atoms with Crippen LogP contribution in [0.5, 0.6) is 5.75 Å². The van der Waals surface area contributed by atoms with Crippen molar-refractivity contribution < 1.29 is 14.6 Å². The maximum Gasteiger partial charge on any atom is 0.336 e. The van der Waals surface area contributed by atoms with Gasteiger partial charge in [-0.25, -0.2) is 4.79 Å². The summed E-state index contributed by atoms with van der Waals surface area (Å²) in [6, 6.07) is 13.1. The summed E-state index contributed by atoms with van der Waals surface area (Å²) in [5, 5.41) is 12.5. The maximum atomic E-state index is 11.2. The molecule has 0 aliphatic carbocycles. The summed E-state index contributed by atoms with van der Waals surface area (Å²) >= 11 is 0. The minimum absolute atomic E-state index is 0.0443. The fourth-order valence-corrected chi connectivity index (χ4v) is 2.25. The number of nitrogens with one attached hydrogen (secondary N) is 1. The number of carbonyl (C=O) groups is 1. The largest absolute Gasteiger partial charge is 0.497 e. The highest BCUT2D eigenvalue weighted by Gasteiger charge is 2.12. The average molecular weight is 285 g/mol. The molecule has 4 heteroatoms. The minimum atomic E-state index is -0.912. The van der Waals surface area contributed by atoms with Crippen molar-refractivity contribution in [3.63, 3.8) is 0 Å². The van der Waals surface area contributed by atoms with E-state index in [2.05, 4.69) is 5.32 Å². The van der Waals surface area contributed by atoms with Gasteiger partial charge in [-0.1, -0.05) is 18.2 Å². The van der Waals surface area contributed by atoms with Crippen LogP contribution < -0.4 is 10.1 Å². The van der Waals surface area contributed by atoms with Gasteiger partial charge in [0.2, 0.25) is 0 Å². The Bertz CT molecular complexity index is 652. The first-order chi connectivity index (χ1) is 10.0. The number of carboxylic acid groups (broad SMARTS) is 1. The van der Waals surface area contributed by atoms with Crippen molar-refractivity contribution in [2.24, 2.45) is 0 Å². The third-order valence-electron chi connectivity index (χ3n) is 3.53. The van der Waals surface area contributed by atoms with Gasteiger partial charge in [0.25, 0.3) is 0 Å². The van der Waals surface area contributed by atoms with Gasteiger partial charge in [-0.3, -0.25) is 0 Å². The lowest BCUT2D eigenvalue weighted by Gasteiger charge is -2.19. The fourth-order valence-electron chi connectivity index (χ4n) is 2.25. The Hall–Kier alpha value is -2.49. The Balaban J connectivity index is 2.25. The highest BCUT2D eigenvalue weighted by Crippen LogP contribution is 2.26. The number of rotatable bonds is 5. The van der Waals surface area contributed by atoms with E-state index < -0.39 is 5.97 Å². The van der Waals surface area contributed by atoms with Crippen LogP contribution in [0.25, 0.3) is 0 Å². The predicted molar refractivity (Wildman–Crippen MR) is 83.2 cm³/mol. The maximum absolute atomic E-state index is 11.2. The standard InChI is InChI=1S/C17H19NO3/c1-11-15(17(19)20)8-5-9-16(11)18-12(2)13-6-4-7-14(10-13)21-3/h4-10,12,18H,1-3H3,(H,19,20). The minimum Gasteiger partial charge on any atom is -0.497 e. The van der Waals surface area contributed by atoms with Crippen LogP contribution >= 0.6 is 0 Å². The van der Waals surface area contributed by atoms with Gasteiger partial charge in [-0.2, -0.15) is 0 Å². The van der Waals surface area contributed by atoms with Crippen molar-refractivity contribution in [2.45, 2.75) is 19.9 Å². The summed E-state index contributed by atoms with van der Waals surface area (Å²) in [6.45, 7) is 3.84. The van der Waals surface area contributed by atoms with Gasteiger partial charge in [0.1, 0.15) is 5.75 Å². The van der Waals surface area contributed by atoms with Crippen LogP contribution in [-0.4, -0.2) is 18.2 Å². The third kappa shape index (κ3) is 3.34. The second-order valence-electron chi connectivity index (χ2n) is 4.93. The predicted octanol–water partition coefficient (Wildman–Crippen LogP) is 3.87. The van der Waals surface area contributed by atoms with Gasteiger partial charge in [-0.15, -0.1) is 0 Å². The van der Waals surface area contributed by atoms with Crippen LogP contribution in [0.1, 0.15) is 34.5 Å². The summed E-state index contributed by atoms with van der Waals surface area (Å²) in [6.07, 6.45) is 0. The number of aromatic carboxylic acids is 1. The number of methoxy groups -OCH3 is 1. The van der Waals surface area contributed by atoms with Crippen LogP contribution in [-0.2, 0) is 0 Å². The lowest BCUT2D eigenvalue weighted by molar-refractivity contribution is 0.0696. The van der Waals surface area contributed by atoms with E-state index in [4.69, 9.17) is 9.84 Å². The van der Waals surface area contributed by atoms with Crippen molar-refractivity contribution in [1.29, 1.82) is 0 Å². The Labute approximate surface area is 124 Å². The van der Waals surface area contributed by atoms with E-state index in [0.717, 1.165) is 22.6 Å². The number of carboxylic acids is 1. The van der Waals surface area contributed by atoms with Crippen LogP contribution in [0, 0.1) is 6.92 Å². The van der Waals surface area contributed by atoms with E-state index in [1.807, 2.05) is 44.2 Å². The molecule has 4 nitrogen and oxygen atoms in total. The molecule has 21 heavy (non-hydrogen) atoms. The third-order valence-corrected chi connectivity index (χ3v) is 3.53. The molecule has 0 fully saturated rings. The first-order valence-electron chi connectivity index (χ1n) is 6.76. The first kappa shape index (κ1) is 14.9. The van der Waals surface area contributed by atoms with Gasteiger partial charge >= 0.3 is 5.97 Å². The molecule has 1 unspecified atom stereocenters. The summed E-state index contributed by atoms with van der Waals surface area (Å²) in [4.78, 5) is 11.2. The van der Waals surface area contributed by atoms with Crippen LogP contribution in [0.3, 0.4) is 0 Å². The molecule has 0 amide bonds. The molecule has 0 saturated carbocycles.